The largest absolute Gasteiger partial charge is 0.507 e. The number of hydrogen-bond donors (Lipinski definition) is 3. The van der Waals surface area contributed by atoms with Gasteiger partial charge in [0.15, 0.2) is 0 Å². The molecular weight excluding hydrogens is 326 g/mol. The smallest absolute Gasteiger partial charge is 0.321 e. The lowest BCUT2D eigenvalue weighted by atomic mass is 10.1. The van der Waals surface area contributed by atoms with Crippen LogP contribution in [-0.2, 0) is 17.8 Å². The van der Waals surface area contributed by atoms with Gasteiger partial charge < -0.3 is 14.9 Å². The number of phenols is 1. The van der Waals surface area contributed by atoms with Gasteiger partial charge in [-0.05, 0) is 24.3 Å². The molecule has 2 aromatic carbocycles. The van der Waals surface area contributed by atoms with Crippen molar-refractivity contribution < 1.29 is 19.7 Å². The van der Waals surface area contributed by atoms with Crippen LogP contribution >= 0.6 is 11.8 Å². The maximum atomic E-state index is 11.5. The lowest BCUT2D eigenvalue weighted by molar-refractivity contribution is -0.139. The maximum absolute atomic E-state index is 11.5. The fraction of sp³-hybridized carbons (Fsp3) is 0.278. The van der Waals surface area contributed by atoms with Crippen molar-refractivity contribution in [3.8, 4) is 11.5 Å². The van der Waals surface area contributed by atoms with E-state index in [2.05, 4.69) is 5.32 Å². The molecule has 0 aliphatic heterocycles. The van der Waals surface area contributed by atoms with Gasteiger partial charge in [-0.2, -0.15) is 0 Å². The van der Waals surface area contributed by atoms with Crippen LogP contribution in [0.4, 0.5) is 0 Å². The number of rotatable bonds is 8. The van der Waals surface area contributed by atoms with E-state index in [0.717, 1.165) is 10.5 Å². The molecule has 0 amide bonds. The number of methoxy groups -OCH3 is 1. The van der Waals surface area contributed by atoms with Crippen molar-refractivity contribution in [2.75, 3.05) is 13.4 Å². The van der Waals surface area contributed by atoms with Crippen LogP contribution in [0.1, 0.15) is 11.1 Å². The highest BCUT2D eigenvalue weighted by atomic mass is 32.2. The molecule has 0 bridgehead atoms. The first-order valence-electron chi connectivity index (χ1n) is 7.49. The molecular formula is C18H21NO4S. The number of carbonyl (C=O) groups is 1. The summed E-state index contributed by atoms with van der Waals surface area (Å²) in [5, 5.41) is 22.5. The van der Waals surface area contributed by atoms with Crippen LogP contribution < -0.4 is 10.1 Å². The number of benzene rings is 2. The monoisotopic (exact) mass is 347 g/mol. The SMILES string of the molecule is COc1cc(O)c(CN[C@@H](Cc2ccccc2)C(=O)O)cc1SC. The Morgan fingerprint density at radius 1 is 1.29 bits per heavy atom. The van der Waals surface area contributed by atoms with Crippen molar-refractivity contribution in [2.45, 2.75) is 23.9 Å². The van der Waals surface area contributed by atoms with Crippen molar-refractivity contribution in [3.05, 3.63) is 53.6 Å². The summed E-state index contributed by atoms with van der Waals surface area (Å²) in [5.41, 5.74) is 1.58. The minimum atomic E-state index is -0.919. The minimum absolute atomic E-state index is 0.0843. The van der Waals surface area contributed by atoms with Gasteiger partial charge in [-0.1, -0.05) is 30.3 Å². The number of hydrogen-bond acceptors (Lipinski definition) is 5. The van der Waals surface area contributed by atoms with Gasteiger partial charge in [-0.25, -0.2) is 0 Å². The number of carboxylic acids is 1. The number of phenolic OH excluding ortho intramolecular Hbond substituents is 1. The summed E-state index contributed by atoms with van der Waals surface area (Å²) in [6, 6.07) is 12.1. The van der Waals surface area contributed by atoms with Gasteiger partial charge in [-0.15, -0.1) is 11.8 Å². The average Bonchev–Trinajstić information content (AvgIpc) is 2.59. The first-order valence-corrected chi connectivity index (χ1v) is 8.71. The Balaban J connectivity index is 2.10. The van der Waals surface area contributed by atoms with Gasteiger partial charge in [0, 0.05) is 23.1 Å². The second-order valence-electron chi connectivity index (χ2n) is 5.30. The minimum Gasteiger partial charge on any atom is -0.507 e. The Labute approximate surface area is 145 Å². The Hall–Kier alpha value is -2.18. The van der Waals surface area contributed by atoms with E-state index < -0.39 is 12.0 Å². The molecule has 3 N–H and O–H groups in total. The number of ether oxygens (including phenoxy) is 1. The van der Waals surface area contributed by atoms with Crippen LogP contribution in [0.2, 0.25) is 0 Å². The quantitative estimate of drug-likeness (QED) is 0.637. The number of nitrogens with one attached hydrogen (secondary N) is 1. The molecule has 0 spiro atoms. The van der Waals surface area contributed by atoms with Crippen LogP contribution in [0, 0.1) is 0 Å². The highest BCUT2D eigenvalue weighted by molar-refractivity contribution is 7.98. The van der Waals surface area contributed by atoms with Crippen molar-refractivity contribution in [1.82, 2.24) is 5.32 Å². The second-order valence-corrected chi connectivity index (χ2v) is 6.15. The summed E-state index contributed by atoms with van der Waals surface area (Å²) in [6.45, 7) is 0.257. The molecule has 24 heavy (non-hydrogen) atoms. The topological polar surface area (TPSA) is 78.8 Å². The molecule has 2 aromatic rings. The van der Waals surface area contributed by atoms with Crippen LogP contribution in [0.3, 0.4) is 0 Å². The average molecular weight is 347 g/mol. The molecule has 0 aliphatic rings. The van der Waals surface area contributed by atoms with Gasteiger partial charge in [-0.3, -0.25) is 10.1 Å². The fourth-order valence-corrected chi connectivity index (χ4v) is 2.99. The second kappa shape index (κ2) is 8.61. The van der Waals surface area contributed by atoms with E-state index in [9.17, 15) is 15.0 Å². The normalized spacial score (nSPS) is 11.9. The summed E-state index contributed by atoms with van der Waals surface area (Å²) >= 11 is 1.51. The van der Waals surface area contributed by atoms with Crippen molar-refractivity contribution >= 4 is 17.7 Å². The maximum Gasteiger partial charge on any atom is 0.321 e. The van der Waals surface area contributed by atoms with E-state index in [-0.39, 0.29) is 12.3 Å². The van der Waals surface area contributed by atoms with Gasteiger partial charge in [0.25, 0.3) is 0 Å². The third-order valence-electron chi connectivity index (χ3n) is 3.70. The zero-order valence-electron chi connectivity index (χ0n) is 13.7. The Bertz CT molecular complexity index is 691. The summed E-state index contributed by atoms with van der Waals surface area (Å²) in [4.78, 5) is 12.4. The van der Waals surface area contributed by atoms with E-state index in [1.54, 1.807) is 13.2 Å². The van der Waals surface area contributed by atoms with Crippen molar-refractivity contribution in [3.63, 3.8) is 0 Å². The van der Waals surface area contributed by atoms with E-state index in [1.165, 1.54) is 11.8 Å². The Kier molecular flexibility index (Phi) is 6.52. The first-order chi connectivity index (χ1) is 11.5. The standard InChI is InChI=1S/C18H21NO4S/c1-23-16-10-15(20)13(9-17(16)24-2)11-19-14(18(21)22)8-12-6-4-3-5-7-12/h3-7,9-10,14,19-20H,8,11H2,1-2H3,(H,21,22)/t14-/m0/s1. The molecule has 0 saturated carbocycles. The third kappa shape index (κ3) is 4.66. The van der Waals surface area contributed by atoms with E-state index >= 15 is 0 Å². The van der Waals surface area contributed by atoms with E-state index in [0.29, 0.717) is 17.7 Å². The van der Waals surface area contributed by atoms with Crippen LogP contribution in [0.25, 0.3) is 0 Å². The zero-order chi connectivity index (χ0) is 17.5. The number of aromatic hydroxyl groups is 1. The van der Waals surface area contributed by atoms with Crippen molar-refractivity contribution in [2.24, 2.45) is 0 Å². The predicted molar refractivity (Wildman–Crippen MR) is 94.8 cm³/mol. The summed E-state index contributed by atoms with van der Waals surface area (Å²) < 4.78 is 5.22. The number of carboxylic acid groups (broad SMARTS) is 1. The zero-order valence-corrected chi connectivity index (χ0v) is 14.5. The Morgan fingerprint density at radius 2 is 2.00 bits per heavy atom. The highest BCUT2D eigenvalue weighted by Crippen LogP contribution is 2.33. The molecule has 2 rings (SSSR count). The molecule has 0 aliphatic carbocycles. The van der Waals surface area contributed by atoms with Gasteiger partial charge in [0.2, 0.25) is 0 Å². The highest BCUT2D eigenvalue weighted by Gasteiger charge is 2.18. The number of aliphatic carboxylic acids is 1. The molecule has 0 saturated heterocycles. The molecule has 0 aromatic heterocycles. The molecule has 5 nitrogen and oxygen atoms in total. The molecule has 128 valence electrons. The molecule has 0 unspecified atom stereocenters. The van der Waals surface area contributed by atoms with Crippen LogP contribution in [0.5, 0.6) is 11.5 Å². The lowest BCUT2D eigenvalue weighted by Gasteiger charge is -2.16. The molecule has 1 atom stereocenters. The summed E-state index contributed by atoms with van der Waals surface area (Å²) in [7, 11) is 1.55. The van der Waals surface area contributed by atoms with Crippen LogP contribution in [-0.4, -0.2) is 35.6 Å². The van der Waals surface area contributed by atoms with E-state index in [4.69, 9.17) is 4.74 Å². The molecule has 0 fully saturated rings. The van der Waals surface area contributed by atoms with Crippen LogP contribution in [0.15, 0.2) is 47.4 Å². The summed E-state index contributed by atoms with van der Waals surface area (Å²) in [5.74, 6) is -0.235. The van der Waals surface area contributed by atoms with Gasteiger partial charge >= 0.3 is 5.97 Å². The van der Waals surface area contributed by atoms with Gasteiger partial charge in [0.05, 0.1) is 7.11 Å². The first kappa shape index (κ1) is 18.2. The van der Waals surface area contributed by atoms with Crippen molar-refractivity contribution in [1.29, 1.82) is 0 Å². The predicted octanol–water partition coefficient (Wildman–Crippen LogP) is 2.91. The fourth-order valence-electron chi connectivity index (χ4n) is 2.38. The summed E-state index contributed by atoms with van der Waals surface area (Å²) in [6.07, 6.45) is 2.30. The lowest BCUT2D eigenvalue weighted by Crippen LogP contribution is -2.38. The van der Waals surface area contributed by atoms with E-state index in [1.807, 2.05) is 42.7 Å². The molecule has 0 heterocycles. The molecule has 6 heteroatoms. The number of thioether (sulfide) groups is 1. The Morgan fingerprint density at radius 3 is 2.58 bits per heavy atom. The van der Waals surface area contributed by atoms with Gasteiger partial charge in [0.1, 0.15) is 17.5 Å². The third-order valence-corrected chi connectivity index (χ3v) is 4.46. The molecule has 0 radical (unpaired) electrons.